The molecule has 0 saturated heterocycles. The van der Waals surface area contributed by atoms with Crippen LogP contribution in [0, 0.1) is 0 Å². The molecule has 6 aromatic rings. The van der Waals surface area contributed by atoms with Crippen LogP contribution >= 0.6 is 0 Å². The Labute approximate surface area is 345 Å². The van der Waals surface area contributed by atoms with Crippen LogP contribution in [-0.4, -0.2) is 50.3 Å². The molecular formula is C48H50N8O2Si. The Morgan fingerprint density at radius 2 is 0.746 bits per heavy atom. The van der Waals surface area contributed by atoms with E-state index in [1.807, 2.05) is 12.1 Å². The van der Waals surface area contributed by atoms with Crippen molar-refractivity contribution in [2.75, 3.05) is 0 Å². The van der Waals surface area contributed by atoms with Crippen LogP contribution in [-0.2, 0) is 21.7 Å². The molecular weight excluding hydrogens is 749 g/mol. The van der Waals surface area contributed by atoms with Crippen LogP contribution in [0.2, 0.25) is 0 Å². The molecule has 6 heterocycles. The van der Waals surface area contributed by atoms with Gasteiger partial charge in [-0.15, -0.1) is 0 Å². The molecule has 0 fully saturated rings. The van der Waals surface area contributed by atoms with Crippen molar-refractivity contribution < 1.29 is 9.59 Å². The molecule has 4 aromatic carbocycles. The van der Waals surface area contributed by atoms with Crippen molar-refractivity contribution in [2.24, 2.45) is 30.0 Å². The lowest BCUT2D eigenvalue weighted by Gasteiger charge is -2.23. The fourth-order valence-corrected chi connectivity index (χ4v) is 10.6. The third kappa shape index (κ3) is 5.58. The Kier molecular flexibility index (Phi) is 7.51. The topological polar surface area (TPSA) is 124 Å². The van der Waals surface area contributed by atoms with Crippen LogP contribution in [0.15, 0.2) is 103 Å². The van der Waals surface area contributed by atoms with Crippen molar-refractivity contribution in [3.63, 3.8) is 0 Å². The monoisotopic (exact) mass is 798 g/mol. The predicted octanol–water partition coefficient (Wildman–Crippen LogP) is 8.55. The molecule has 0 saturated carbocycles. The lowest BCUT2D eigenvalue weighted by atomic mass is 9.85. The summed E-state index contributed by atoms with van der Waals surface area (Å²) >= 11 is 0. The van der Waals surface area contributed by atoms with Crippen LogP contribution in [0.3, 0.4) is 0 Å². The molecule has 10 nitrogen and oxygen atoms in total. The summed E-state index contributed by atoms with van der Waals surface area (Å²) in [6.45, 7) is 26.1. The molecule has 0 atom stereocenters. The first-order valence-corrected chi connectivity index (χ1v) is 22.2. The van der Waals surface area contributed by atoms with Gasteiger partial charge in [0, 0.05) is 43.8 Å². The summed E-state index contributed by atoms with van der Waals surface area (Å²) in [5, 5.41) is 2.90. The Balaban J connectivity index is 1.46. The summed E-state index contributed by atoms with van der Waals surface area (Å²) in [4.78, 5) is 58.5. The Morgan fingerprint density at radius 3 is 1.25 bits per heavy atom. The van der Waals surface area contributed by atoms with E-state index in [1.165, 1.54) is 0 Å². The molecule has 0 aliphatic carbocycles. The quantitative estimate of drug-likeness (QED) is 0.150. The summed E-state index contributed by atoms with van der Waals surface area (Å²) in [7, 11) is -5.00. The molecule has 59 heavy (non-hydrogen) atoms. The predicted molar refractivity (Wildman–Crippen MR) is 240 cm³/mol. The van der Waals surface area contributed by atoms with Crippen LogP contribution in [0.25, 0.3) is 21.5 Å². The maximum atomic E-state index is 13.4. The second-order valence-corrected chi connectivity index (χ2v) is 22.7. The fraction of sp³-hybridized carbons (Fsp3) is 0.333. The fourth-order valence-electron chi connectivity index (χ4n) is 8.54. The molecule has 10 rings (SSSR count). The van der Waals surface area contributed by atoms with E-state index >= 15 is 0 Å². The molecule has 11 heteroatoms. The van der Waals surface area contributed by atoms with Crippen molar-refractivity contribution in [2.45, 2.75) is 105 Å². The van der Waals surface area contributed by atoms with Gasteiger partial charge >= 0.3 is 8.88 Å². The van der Waals surface area contributed by atoms with E-state index in [0.29, 0.717) is 46.0 Å². The van der Waals surface area contributed by atoms with Gasteiger partial charge in [-0.3, -0.25) is 8.47 Å². The zero-order valence-electron chi connectivity index (χ0n) is 35.9. The number of nitrogens with zero attached hydrogens (tertiary/aromatic N) is 8. The van der Waals surface area contributed by atoms with Crippen molar-refractivity contribution in [3.05, 3.63) is 128 Å². The Morgan fingerprint density at radius 1 is 0.373 bits per heavy atom. The van der Waals surface area contributed by atoms with Gasteiger partial charge < -0.3 is 9.59 Å². The maximum Gasteiger partial charge on any atom is 0.597 e. The smallest absolute Gasteiger partial charge is 0.377 e. The Bertz CT molecular complexity index is 3160. The van der Waals surface area contributed by atoms with Gasteiger partial charge in [0.2, 0.25) is 0 Å². The van der Waals surface area contributed by atoms with Crippen LogP contribution < -0.4 is 11.0 Å². The highest BCUT2D eigenvalue weighted by Crippen LogP contribution is 2.44. The van der Waals surface area contributed by atoms with Crippen molar-refractivity contribution in [1.29, 1.82) is 0 Å². The van der Waals surface area contributed by atoms with E-state index in [1.54, 1.807) is 8.47 Å². The zero-order chi connectivity index (χ0) is 41.9. The standard InChI is InChI=1S/C48H50N8O2Si/c1-45(2,3)25-13-17-29-33(21-25)39-49-37(29)51-43-36-24-28(48(10,11)12)16-20-32(36)42-54-40-34-22-26(46(4,5)6)14-18-30(34)38(50-40)52-44-35-23-27(47(7,8)9)15-19-31(35)41(53-39)55(44)59(57,58)56(42)43/h13-24,57-58H,1-12H3. The normalized spacial score (nSPS) is 16.8. The maximum absolute atomic E-state index is 13.4. The van der Waals surface area contributed by atoms with E-state index in [9.17, 15) is 9.59 Å². The van der Waals surface area contributed by atoms with Gasteiger partial charge in [-0.05, 0) is 68.2 Å². The van der Waals surface area contributed by atoms with Crippen LogP contribution in [0.4, 0.5) is 11.6 Å². The molecule has 2 N–H and O–H groups in total. The van der Waals surface area contributed by atoms with Crippen LogP contribution in [0.1, 0.15) is 128 Å². The van der Waals surface area contributed by atoms with Gasteiger partial charge in [0.25, 0.3) is 0 Å². The first-order chi connectivity index (χ1) is 27.5. The van der Waals surface area contributed by atoms with Gasteiger partial charge in [-0.2, -0.15) is 0 Å². The third-order valence-corrected chi connectivity index (χ3v) is 14.2. The summed E-state index contributed by atoms with van der Waals surface area (Å²) in [5.41, 5.74) is 7.71. The van der Waals surface area contributed by atoms with E-state index in [4.69, 9.17) is 30.0 Å². The largest absolute Gasteiger partial charge is 0.597 e. The van der Waals surface area contributed by atoms with Gasteiger partial charge in [-0.25, -0.2) is 30.0 Å². The molecule has 2 aromatic heterocycles. The molecule has 0 amide bonds. The van der Waals surface area contributed by atoms with Crippen molar-refractivity contribution >= 4 is 65.4 Å². The average molecular weight is 799 g/mol. The zero-order valence-corrected chi connectivity index (χ0v) is 36.9. The number of hydrogen-bond donors (Lipinski definition) is 2. The number of hydrogen-bond acceptors (Lipinski definition) is 8. The minimum absolute atomic E-state index is 0.143. The molecule has 0 radical (unpaired) electrons. The summed E-state index contributed by atoms with van der Waals surface area (Å²) in [6, 6.07) is 25.2. The molecule has 0 spiro atoms. The summed E-state index contributed by atoms with van der Waals surface area (Å²) in [5.74, 6) is 2.50. The average Bonchev–Trinajstić information content (AvgIpc) is 3.85. The molecule has 4 aliphatic heterocycles. The third-order valence-electron chi connectivity index (χ3n) is 12.2. The highest BCUT2D eigenvalue weighted by Gasteiger charge is 2.47. The van der Waals surface area contributed by atoms with Crippen molar-refractivity contribution in [3.8, 4) is 0 Å². The minimum atomic E-state index is -5.00. The van der Waals surface area contributed by atoms with Gasteiger partial charge in [0.15, 0.2) is 23.3 Å². The van der Waals surface area contributed by atoms with Crippen molar-refractivity contribution in [1.82, 2.24) is 8.47 Å². The highest BCUT2D eigenvalue weighted by atomic mass is 28.4. The summed E-state index contributed by atoms with van der Waals surface area (Å²) in [6.07, 6.45) is 0. The molecule has 0 unspecified atom stereocenters. The van der Waals surface area contributed by atoms with Gasteiger partial charge in [0.1, 0.15) is 22.6 Å². The van der Waals surface area contributed by atoms with E-state index in [-0.39, 0.29) is 21.7 Å². The van der Waals surface area contributed by atoms with Gasteiger partial charge in [0.05, 0.1) is 0 Å². The second kappa shape index (κ2) is 11.8. The number of rotatable bonds is 0. The number of aliphatic imine (C=N–C) groups is 4. The molecule has 298 valence electrons. The van der Waals surface area contributed by atoms with E-state index < -0.39 is 8.88 Å². The Hall–Kier alpha value is -5.62. The first-order valence-electron chi connectivity index (χ1n) is 20.4. The van der Waals surface area contributed by atoms with Gasteiger partial charge in [-0.1, -0.05) is 132 Å². The SMILES string of the molecule is CC(C)(C)c1ccc2c(c1)C1=NC2=Nc2c3cc(C(C)(C)C)ccc3c3n2[Si](O)(O)n2c(c4ccc(C(C)(C)C)cc4c2=NC2=NC(=N3)c3cc(C(C)(C)C)ccc32)=N1. The number of amidine groups is 4. The molecule has 4 aliphatic rings. The molecule has 6 bridgehead atoms. The van der Waals surface area contributed by atoms with Crippen LogP contribution in [0.5, 0.6) is 0 Å². The van der Waals surface area contributed by atoms with E-state index in [2.05, 4.69) is 144 Å². The number of fused-ring (bicyclic) bond motifs is 14. The first kappa shape index (κ1) is 37.6. The minimum Gasteiger partial charge on any atom is -0.377 e. The second-order valence-electron chi connectivity index (χ2n) is 20.6. The lowest BCUT2D eigenvalue weighted by Crippen LogP contribution is -2.60. The lowest BCUT2D eigenvalue weighted by molar-refractivity contribution is 0.324. The number of aromatic nitrogens is 2. The number of benzene rings is 4. The summed E-state index contributed by atoms with van der Waals surface area (Å²) < 4.78 is 3.11. The van der Waals surface area contributed by atoms with E-state index in [0.717, 1.165) is 66.1 Å². The highest BCUT2D eigenvalue weighted by molar-refractivity contribution is 6.63.